The first-order valence-corrected chi connectivity index (χ1v) is 9.13. The zero-order valence-corrected chi connectivity index (χ0v) is 17.3. The van der Waals surface area contributed by atoms with Gasteiger partial charge in [0, 0.05) is 55.4 Å². The smallest absolute Gasteiger partial charge is 0.307 e. The van der Waals surface area contributed by atoms with Crippen LogP contribution in [0.4, 0.5) is 0 Å². The first-order valence-electron chi connectivity index (χ1n) is 7.53. The van der Waals surface area contributed by atoms with Gasteiger partial charge in [0.2, 0.25) is 0 Å². The van der Waals surface area contributed by atoms with Gasteiger partial charge in [-0.2, -0.15) is 0 Å². The largest absolute Gasteiger partial charge is 1.00 e. The highest BCUT2D eigenvalue weighted by atomic mass is 79.9. The molecular formula is C14H36BrN4P. The summed E-state index contributed by atoms with van der Waals surface area (Å²) in [4.78, 5) is 0. The number of hydrogen-bond donors (Lipinski definition) is 0. The Labute approximate surface area is 138 Å². The van der Waals surface area contributed by atoms with Crippen molar-refractivity contribution in [2.75, 3.05) is 55.4 Å². The van der Waals surface area contributed by atoms with Gasteiger partial charge in [-0.15, -0.1) is 18.7 Å². The summed E-state index contributed by atoms with van der Waals surface area (Å²) in [6.07, 6.45) is 5.08. The van der Waals surface area contributed by atoms with Gasteiger partial charge in [0.15, 0.2) is 0 Å². The van der Waals surface area contributed by atoms with Crippen LogP contribution < -0.4 is 17.0 Å². The minimum absolute atomic E-state index is 0. The molecule has 0 saturated carbocycles. The van der Waals surface area contributed by atoms with E-state index in [0.29, 0.717) is 0 Å². The van der Waals surface area contributed by atoms with Crippen molar-refractivity contribution in [3.05, 3.63) is 0 Å². The standard InChI is InChI=1S/C14H36N4P.BrH/c1-9-11-13-18(14-12-10-2)19(15(3)4,16(5)6)17(7)8;/h9-14H2,1-8H3;1H/q+1;/p-1. The lowest BCUT2D eigenvalue weighted by molar-refractivity contribution is -0.00000458. The van der Waals surface area contributed by atoms with Crippen molar-refractivity contribution in [3.8, 4) is 0 Å². The van der Waals surface area contributed by atoms with Crippen LogP contribution in [-0.2, 0) is 0 Å². The van der Waals surface area contributed by atoms with Gasteiger partial charge in [0.25, 0.3) is 0 Å². The van der Waals surface area contributed by atoms with Gasteiger partial charge < -0.3 is 17.0 Å². The molecule has 0 fully saturated rings. The second-order valence-electron chi connectivity index (χ2n) is 5.74. The summed E-state index contributed by atoms with van der Waals surface area (Å²) in [7, 11) is 11.8. The van der Waals surface area contributed by atoms with E-state index in [1.807, 2.05) is 0 Å². The fourth-order valence-corrected chi connectivity index (χ4v) is 7.38. The molecule has 0 heterocycles. The van der Waals surface area contributed by atoms with E-state index in [9.17, 15) is 0 Å². The minimum atomic E-state index is -1.55. The van der Waals surface area contributed by atoms with Crippen molar-refractivity contribution in [3.63, 3.8) is 0 Å². The number of unbranched alkanes of at least 4 members (excludes halogenated alkanes) is 2. The zero-order chi connectivity index (χ0) is 15.1. The van der Waals surface area contributed by atoms with E-state index < -0.39 is 7.87 Å². The summed E-state index contributed by atoms with van der Waals surface area (Å²) >= 11 is 0. The lowest BCUT2D eigenvalue weighted by Crippen LogP contribution is -3.00. The molecule has 0 aliphatic heterocycles. The highest BCUT2D eigenvalue weighted by Crippen LogP contribution is 2.66. The van der Waals surface area contributed by atoms with Crippen molar-refractivity contribution in [2.24, 2.45) is 0 Å². The van der Waals surface area contributed by atoms with Gasteiger partial charge in [-0.05, 0) is 12.8 Å². The average Bonchev–Trinajstić information content (AvgIpc) is 2.31. The molecule has 6 heteroatoms. The van der Waals surface area contributed by atoms with Crippen molar-refractivity contribution < 1.29 is 17.0 Å². The Morgan fingerprint density at radius 1 is 0.650 bits per heavy atom. The van der Waals surface area contributed by atoms with E-state index in [0.717, 1.165) is 0 Å². The normalized spacial score (nSPS) is 12.6. The summed E-state index contributed by atoms with van der Waals surface area (Å²) in [5.41, 5.74) is 0. The van der Waals surface area contributed by atoms with Crippen molar-refractivity contribution in [2.45, 2.75) is 39.5 Å². The maximum Gasteiger partial charge on any atom is 0.307 e. The Morgan fingerprint density at radius 3 is 1.15 bits per heavy atom. The van der Waals surface area contributed by atoms with Crippen LogP contribution in [0, 0.1) is 0 Å². The molecule has 0 aromatic carbocycles. The van der Waals surface area contributed by atoms with Crippen molar-refractivity contribution >= 4 is 7.87 Å². The summed E-state index contributed by atoms with van der Waals surface area (Å²) in [5.74, 6) is 0. The molecule has 0 aromatic rings. The minimum Gasteiger partial charge on any atom is -1.00 e. The molecule has 124 valence electrons. The Bertz CT molecular complexity index is 207. The van der Waals surface area contributed by atoms with Crippen molar-refractivity contribution in [1.29, 1.82) is 0 Å². The molecule has 0 atom stereocenters. The number of rotatable bonds is 10. The highest BCUT2D eigenvalue weighted by Gasteiger charge is 2.53. The Kier molecular flexibility index (Phi) is 13.0. The molecule has 0 aliphatic carbocycles. The molecule has 0 spiro atoms. The number of hydrogen-bond acceptors (Lipinski definition) is 4. The first kappa shape index (κ1) is 23.0. The lowest BCUT2D eigenvalue weighted by Gasteiger charge is -2.45. The van der Waals surface area contributed by atoms with E-state index in [2.05, 4.69) is 74.8 Å². The van der Waals surface area contributed by atoms with Crippen LogP contribution in [-0.4, -0.2) is 74.1 Å². The summed E-state index contributed by atoms with van der Waals surface area (Å²) in [5, 5.41) is 0. The summed E-state index contributed by atoms with van der Waals surface area (Å²) < 4.78 is 10.0. The molecule has 0 radical (unpaired) electrons. The fraction of sp³-hybridized carbons (Fsp3) is 1.00. The third kappa shape index (κ3) is 5.51. The van der Waals surface area contributed by atoms with Crippen LogP contribution in [0.25, 0.3) is 0 Å². The van der Waals surface area contributed by atoms with Crippen LogP contribution in [0.5, 0.6) is 0 Å². The quantitative estimate of drug-likeness (QED) is 0.511. The Morgan fingerprint density at radius 2 is 0.950 bits per heavy atom. The van der Waals surface area contributed by atoms with E-state index in [1.165, 1.54) is 38.8 Å². The SMILES string of the molecule is CCCCN(CCCC)[P+](N(C)C)(N(C)C)N(C)C.[Br-]. The van der Waals surface area contributed by atoms with E-state index in [4.69, 9.17) is 0 Å². The van der Waals surface area contributed by atoms with Crippen LogP contribution in [0.15, 0.2) is 0 Å². The number of nitrogens with zero attached hydrogens (tertiary/aromatic N) is 4. The zero-order valence-electron chi connectivity index (χ0n) is 14.9. The molecule has 0 aromatic heterocycles. The second-order valence-corrected chi connectivity index (χ2v) is 9.78. The first-order chi connectivity index (χ1) is 8.85. The maximum absolute atomic E-state index is 2.72. The van der Waals surface area contributed by atoms with Crippen LogP contribution in [0.2, 0.25) is 0 Å². The predicted molar refractivity (Wildman–Crippen MR) is 89.4 cm³/mol. The van der Waals surface area contributed by atoms with Gasteiger partial charge in [-0.3, -0.25) is 0 Å². The molecule has 0 aliphatic rings. The van der Waals surface area contributed by atoms with Gasteiger partial charge in [-0.1, -0.05) is 26.7 Å². The summed E-state index contributed by atoms with van der Waals surface area (Å²) in [6.45, 7) is 6.94. The molecule has 4 nitrogen and oxygen atoms in total. The number of halogens is 1. The lowest BCUT2D eigenvalue weighted by atomic mass is 10.3. The summed E-state index contributed by atoms with van der Waals surface area (Å²) in [6, 6.07) is 0. The van der Waals surface area contributed by atoms with E-state index in [-0.39, 0.29) is 17.0 Å². The van der Waals surface area contributed by atoms with E-state index in [1.54, 1.807) is 0 Å². The second kappa shape index (κ2) is 11.3. The molecular weight excluding hydrogens is 335 g/mol. The molecule has 0 N–H and O–H groups in total. The van der Waals surface area contributed by atoms with Gasteiger partial charge in [0.1, 0.15) is 0 Å². The highest BCUT2D eigenvalue weighted by molar-refractivity contribution is 7.66. The van der Waals surface area contributed by atoms with Crippen LogP contribution in [0.3, 0.4) is 0 Å². The predicted octanol–water partition coefficient (Wildman–Crippen LogP) is 0.255. The van der Waals surface area contributed by atoms with Crippen LogP contribution >= 0.6 is 7.87 Å². The topological polar surface area (TPSA) is 13.0 Å². The van der Waals surface area contributed by atoms with Gasteiger partial charge in [-0.25, -0.2) is 0 Å². The van der Waals surface area contributed by atoms with Crippen molar-refractivity contribution in [1.82, 2.24) is 18.7 Å². The molecule has 0 bridgehead atoms. The third-order valence-electron chi connectivity index (χ3n) is 3.53. The fourth-order valence-electron chi connectivity index (χ4n) is 2.89. The van der Waals surface area contributed by atoms with Gasteiger partial charge >= 0.3 is 7.87 Å². The molecule has 0 saturated heterocycles. The molecule has 0 amide bonds. The Balaban J connectivity index is 0. The maximum atomic E-state index is 2.72. The average molecular weight is 371 g/mol. The van der Waals surface area contributed by atoms with Gasteiger partial charge in [0.05, 0.1) is 0 Å². The van der Waals surface area contributed by atoms with Crippen LogP contribution in [0.1, 0.15) is 39.5 Å². The molecule has 20 heavy (non-hydrogen) atoms. The molecule has 0 unspecified atom stereocenters. The van der Waals surface area contributed by atoms with E-state index >= 15 is 0 Å². The third-order valence-corrected chi connectivity index (χ3v) is 7.91. The molecule has 0 rings (SSSR count). The monoisotopic (exact) mass is 370 g/mol. The Hall–Kier alpha value is 0.750.